The van der Waals surface area contributed by atoms with Crippen molar-refractivity contribution in [3.05, 3.63) is 95.0 Å². The first-order valence-corrected chi connectivity index (χ1v) is 9.47. The molecule has 3 aromatic carbocycles. The fourth-order valence-corrected chi connectivity index (χ4v) is 2.70. The summed E-state index contributed by atoms with van der Waals surface area (Å²) in [4.78, 5) is 11.9. The van der Waals surface area contributed by atoms with Gasteiger partial charge in [-0.2, -0.15) is 0 Å². The lowest BCUT2D eigenvalue weighted by Gasteiger charge is -2.09. The Morgan fingerprint density at radius 1 is 0.786 bits per heavy atom. The molecule has 0 saturated carbocycles. The highest BCUT2D eigenvalue weighted by Gasteiger charge is 2.03. The topological polar surface area (TPSA) is 47.6 Å². The van der Waals surface area contributed by atoms with Crippen LogP contribution in [0, 0.1) is 0 Å². The number of hydrogen-bond acceptors (Lipinski definition) is 3. The van der Waals surface area contributed by atoms with E-state index >= 15 is 0 Å². The zero-order chi connectivity index (χ0) is 19.6. The maximum Gasteiger partial charge on any atom is 0.257 e. The zero-order valence-electron chi connectivity index (χ0n) is 15.4. The van der Waals surface area contributed by atoms with Gasteiger partial charge in [0.25, 0.3) is 5.91 Å². The molecule has 3 rings (SSSR count). The Balaban J connectivity index is 1.35. The molecule has 4 nitrogen and oxygen atoms in total. The average molecular weight is 396 g/mol. The first-order valence-electron chi connectivity index (χ1n) is 9.10. The summed E-state index contributed by atoms with van der Waals surface area (Å²) in [5.74, 6) is 1.22. The van der Waals surface area contributed by atoms with Gasteiger partial charge in [-0.1, -0.05) is 54.1 Å². The fraction of sp³-hybridized carbons (Fsp3) is 0.174. The average Bonchev–Trinajstić information content (AvgIpc) is 2.74. The summed E-state index contributed by atoms with van der Waals surface area (Å²) in [7, 11) is 0. The van der Waals surface area contributed by atoms with E-state index in [0.29, 0.717) is 23.9 Å². The maximum absolute atomic E-state index is 11.9. The molecule has 0 saturated heterocycles. The van der Waals surface area contributed by atoms with Crippen LogP contribution in [0.4, 0.5) is 0 Å². The van der Waals surface area contributed by atoms with Gasteiger partial charge in [0.15, 0.2) is 6.61 Å². The van der Waals surface area contributed by atoms with E-state index in [-0.39, 0.29) is 12.5 Å². The predicted molar refractivity (Wildman–Crippen MR) is 111 cm³/mol. The van der Waals surface area contributed by atoms with Crippen LogP contribution in [-0.2, 0) is 17.8 Å². The second-order valence-electron chi connectivity index (χ2n) is 6.26. The highest BCUT2D eigenvalue weighted by Crippen LogP contribution is 2.18. The first kappa shape index (κ1) is 19.8. The molecule has 0 atom stereocenters. The van der Waals surface area contributed by atoms with Crippen LogP contribution in [0.5, 0.6) is 11.5 Å². The predicted octanol–water partition coefficient (Wildman–Crippen LogP) is 4.66. The molecule has 0 aromatic heterocycles. The van der Waals surface area contributed by atoms with Crippen LogP contribution in [0.15, 0.2) is 78.9 Å². The summed E-state index contributed by atoms with van der Waals surface area (Å²) in [6.07, 6.45) is 0.746. The van der Waals surface area contributed by atoms with Crippen molar-refractivity contribution in [3.63, 3.8) is 0 Å². The number of halogens is 1. The second-order valence-corrected chi connectivity index (χ2v) is 6.70. The third kappa shape index (κ3) is 6.63. The second kappa shape index (κ2) is 10.4. The summed E-state index contributed by atoms with van der Waals surface area (Å²) < 4.78 is 11.3. The van der Waals surface area contributed by atoms with E-state index in [1.165, 1.54) is 0 Å². The van der Waals surface area contributed by atoms with E-state index in [9.17, 15) is 4.79 Å². The van der Waals surface area contributed by atoms with Crippen molar-refractivity contribution in [3.8, 4) is 11.5 Å². The molecule has 0 aliphatic heterocycles. The largest absolute Gasteiger partial charge is 0.489 e. The molecule has 1 amide bonds. The van der Waals surface area contributed by atoms with Crippen molar-refractivity contribution in [1.29, 1.82) is 0 Å². The van der Waals surface area contributed by atoms with Crippen molar-refractivity contribution in [2.75, 3.05) is 13.2 Å². The quantitative estimate of drug-likeness (QED) is 0.573. The minimum atomic E-state index is -0.154. The van der Waals surface area contributed by atoms with Crippen LogP contribution >= 0.6 is 11.6 Å². The monoisotopic (exact) mass is 395 g/mol. The molecule has 144 valence electrons. The van der Waals surface area contributed by atoms with E-state index in [0.717, 1.165) is 23.3 Å². The number of ether oxygens (including phenoxy) is 2. The number of rotatable bonds is 9. The van der Waals surface area contributed by atoms with Crippen molar-refractivity contribution in [2.24, 2.45) is 0 Å². The van der Waals surface area contributed by atoms with E-state index in [2.05, 4.69) is 5.32 Å². The normalized spacial score (nSPS) is 10.3. The van der Waals surface area contributed by atoms with Crippen molar-refractivity contribution in [1.82, 2.24) is 5.32 Å². The number of hydrogen-bond donors (Lipinski definition) is 1. The summed E-state index contributed by atoms with van der Waals surface area (Å²) in [5.41, 5.74) is 2.23. The van der Waals surface area contributed by atoms with Gasteiger partial charge in [0.05, 0.1) is 0 Å². The smallest absolute Gasteiger partial charge is 0.257 e. The highest BCUT2D eigenvalue weighted by molar-refractivity contribution is 6.30. The Kier molecular flexibility index (Phi) is 7.33. The van der Waals surface area contributed by atoms with Crippen LogP contribution < -0.4 is 14.8 Å². The minimum Gasteiger partial charge on any atom is -0.489 e. The van der Waals surface area contributed by atoms with Gasteiger partial charge in [0, 0.05) is 11.6 Å². The van der Waals surface area contributed by atoms with Crippen molar-refractivity contribution in [2.45, 2.75) is 13.0 Å². The van der Waals surface area contributed by atoms with E-state index < -0.39 is 0 Å². The minimum absolute atomic E-state index is 0.0230. The summed E-state index contributed by atoms with van der Waals surface area (Å²) in [6, 6.07) is 24.8. The number of amides is 1. The van der Waals surface area contributed by atoms with Gasteiger partial charge in [0.1, 0.15) is 18.1 Å². The van der Waals surface area contributed by atoms with Gasteiger partial charge in [-0.25, -0.2) is 0 Å². The molecular weight excluding hydrogens is 374 g/mol. The standard InChI is InChI=1S/C23H22ClNO3/c24-20-8-6-18(7-9-20)14-15-25-23(26)17-28-22-12-10-21(11-13-22)27-16-19-4-2-1-3-5-19/h1-13H,14-17H2,(H,25,26). The Labute approximate surface area is 170 Å². The molecule has 0 radical (unpaired) electrons. The SMILES string of the molecule is O=C(COc1ccc(OCc2ccccc2)cc1)NCCc1ccc(Cl)cc1. The van der Waals surface area contributed by atoms with Crippen LogP contribution in [0.25, 0.3) is 0 Å². The molecule has 0 heterocycles. The van der Waals surface area contributed by atoms with Crippen LogP contribution in [0.1, 0.15) is 11.1 Å². The third-order valence-electron chi connectivity index (χ3n) is 4.09. The van der Waals surface area contributed by atoms with E-state index in [1.54, 1.807) is 12.1 Å². The molecule has 5 heteroatoms. The Hall–Kier alpha value is -2.98. The third-order valence-corrected chi connectivity index (χ3v) is 4.34. The van der Waals surface area contributed by atoms with Gasteiger partial charge in [-0.15, -0.1) is 0 Å². The summed E-state index contributed by atoms with van der Waals surface area (Å²) in [6.45, 7) is 1.04. The van der Waals surface area contributed by atoms with Gasteiger partial charge in [0.2, 0.25) is 0 Å². The molecule has 0 bridgehead atoms. The number of carbonyl (C=O) groups is 1. The maximum atomic E-state index is 11.9. The lowest BCUT2D eigenvalue weighted by atomic mass is 10.1. The Morgan fingerprint density at radius 3 is 2.11 bits per heavy atom. The van der Waals surface area contributed by atoms with E-state index in [1.807, 2.05) is 66.7 Å². The number of nitrogens with one attached hydrogen (secondary N) is 1. The van der Waals surface area contributed by atoms with Crippen LogP contribution in [0.2, 0.25) is 5.02 Å². The molecular formula is C23H22ClNO3. The van der Waals surface area contributed by atoms with Crippen molar-refractivity contribution < 1.29 is 14.3 Å². The molecule has 0 unspecified atom stereocenters. The van der Waals surface area contributed by atoms with E-state index in [4.69, 9.17) is 21.1 Å². The fourth-order valence-electron chi connectivity index (χ4n) is 2.57. The molecule has 0 aliphatic rings. The van der Waals surface area contributed by atoms with Gasteiger partial charge >= 0.3 is 0 Å². The highest BCUT2D eigenvalue weighted by atomic mass is 35.5. The summed E-state index contributed by atoms with van der Waals surface area (Å²) >= 11 is 5.86. The summed E-state index contributed by atoms with van der Waals surface area (Å²) in [5, 5.41) is 3.55. The molecule has 1 N–H and O–H groups in total. The molecule has 3 aromatic rings. The van der Waals surface area contributed by atoms with Gasteiger partial charge < -0.3 is 14.8 Å². The molecule has 0 aliphatic carbocycles. The number of carbonyl (C=O) groups excluding carboxylic acids is 1. The Morgan fingerprint density at radius 2 is 1.43 bits per heavy atom. The molecule has 28 heavy (non-hydrogen) atoms. The first-order chi connectivity index (χ1) is 13.7. The zero-order valence-corrected chi connectivity index (χ0v) is 16.2. The Bertz CT molecular complexity index is 865. The lowest BCUT2D eigenvalue weighted by Crippen LogP contribution is -2.30. The molecule has 0 fully saturated rings. The van der Waals surface area contributed by atoms with Gasteiger partial charge in [-0.05, 0) is 53.9 Å². The van der Waals surface area contributed by atoms with Crippen molar-refractivity contribution >= 4 is 17.5 Å². The lowest BCUT2D eigenvalue weighted by molar-refractivity contribution is -0.123. The van der Waals surface area contributed by atoms with Crippen LogP contribution in [-0.4, -0.2) is 19.1 Å². The molecule has 0 spiro atoms. The van der Waals surface area contributed by atoms with Crippen LogP contribution in [0.3, 0.4) is 0 Å². The number of benzene rings is 3. The van der Waals surface area contributed by atoms with Gasteiger partial charge in [-0.3, -0.25) is 4.79 Å².